The third kappa shape index (κ3) is 5.15. The van der Waals surface area contributed by atoms with Crippen LogP contribution in [-0.2, 0) is 20.9 Å². The average Bonchev–Trinajstić information content (AvgIpc) is 3.55. The summed E-state index contributed by atoms with van der Waals surface area (Å²) in [6, 6.07) is 7.25. The zero-order valence-electron chi connectivity index (χ0n) is 19.9. The normalized spacial score (nSPS) is 19.2. The zero-order chi connectivity index (χ0) is 24.4. The highest BCUT2D eigenvalue weighted by molar-refractivity contribution is 14.1. The first-order chi connectivity index (χ1) is 16.3. The Bertz CT molecular complexity index is 1050. The van der Waals surface area contributed by atoms with Crippen LogP contribution in [0.1, 0.15) is 50.8 Å². The second kappa shape index (κ2) is 10.7. The SMILES string of the molecule is Cc1ncsc1-c1ccc(CN(I)C(=O)[C@@H]2CCCN2C(=O)C(C(C)C)N2CCCC2=O)cc1. The number of benzene rings is 1. The number of halogens is 1. The molecule has 0 radical (unpaired) electrons. The number of hydrogen-bond donors (Lipinski definition) is 0. The van der Waals surface area contributed by atoms with Crippen LogP contribution < -0.4 is 0 Å². The van der Waals surface area contributed by atoms with Crippen molar-refractivity contribution < 1.29 is 14.4 Å². The quantitative estimate of drug-likeness (QED) is 0.351. The molecule has 1 aromatic heterocycles. The summed E-state index contributed by atoms with van der Waals surface area (Å²) in [6.07, 6.45) is 2.75. The molecule has 2 aromatic rings. The van der Waals surface area contributed by atoms with E-state index in [1.165, 1.54) is 0 Å². The lowest BCUT2D eigenvalue weighted by Crippen LogP contribution is -2.55. The Morgan fingerprint density at radius 1 is 1.21 bits per heavy atom. The number of carbonyl (C=O) groups is 3. The summed E-state index contributed by atoms with van der Waals surface area (Å²) in [4.78, 5) is 48.2. The lowest BCUT2D eigenvalue weighted by atomic mass is 10.0. The molecule has 0 spiro atoms. The topological polar surface area (TPSA) is 73.8 Å². The summed E-state index contributed by atoms with van der Waals surface area (Å²) in [5, 5.41) is 0. The highest BCUT2D eigenvalue weighted by atomic mass is 127. The van der Waals surface area contributed by atoms with Crippen molar-refractivity contribution in [3.8, 4) is 10.4 Å². The van der Waals surface area contributed by atoms with E-state index in [0.717, 1.165) is 34.5 Å². The van der Waals surface area contributed by atoms with Gasteiger partial charge >= 0.3 is 0 Å². The van der Waals surface area contributed by atoms with Gasteiger partial charge in [0.25, 0.3) is 5.91 Å². The zero-order valence-corrected chi connectivity index (χ0v) is 22.8. The van der Waals surface area contributed by atoms with Crippen LogP contribution in [0.2, 0.25) is 0 Å². The Morgan fingerprint density at radius 3 is 2.53 bits per heavy atom. The van der Waals surface area contributed by atoms with Crippen LogP contribution in [0.3, 0.4) is 0 Å². The summed E-state index contributed by atoms with van der Waals surface area (Å²) in [5.74, 6) is -0.0943. The number of carbonyl (C=O) groups excluding carboxylic acids is 3. The number of rotatable bonds is 7. The van der Waals surface area contributed by atoms with Gasteiger partial charge in [-0.05, 0) is 43.2 Å². The molecule has 0 saturated carbocycles. The first kappa shape index (κ1) is 25.1. The van der Waals surface area contributed by atoms with Crippen molar-refractivity contribution in [2.24, 2.45) is 5.92 Å². The van der Waals surface area contributed by atoms with E-state index in [2.05, 4.69) is 40.0 Å². The molecule has 0 N–H and O–H groups in total. The summed E-state index contributed by atoms with van der Waals surface area (Å²) in [5.41, 5.74) is 5.03. The van der Waals surface area contributed by atoms with E-state index in [1.54, 1.807) is 24.2 Å². The van der Waals surface area contributed by atoms with Crippen LogP contribution in [-0.4, -0.2) is 60.8 Å². The molecule has 9 heteroatoms. The van der Waals surface area contributed by atoms with Crippen molar-refractivity contribution in [2.45, 2.75) is 65.1 Å². The number of amides is 3. The van der Waals surface area contributed by atoms with Crippen molar-refractivity contribution in [1.29, 1.82) is 0 Å². The highest BCUT2D eigenvalue weighted by Gasteiger charge is 2.43. The molecule has 4 rings (SSSR count). The first-order valence-corrected chi connectivity index (χ1v) is 13.7. The molecular formula is C25H31IN4O3S. The molecule has 1 unspecified atom stereocenters. The van der Waals surface area contributed by atoms with Gasteiger partial charge in [-0.25, -0.2) is 4.98 Å². The Balaban J connectivity index is 1.43. The summed E-state index contributed by atoms with van der Waals surface area (Å²) >= 11 is 3.69. The smallest absolute Gasteiger partial charge is 0.254 e. The number of aryl methyl sites for hydroxylation is 1. The second-order valence-electron chi connectivity index (χ2n) is 9.39. The molecule has 2 fully saturated rings. The molecule has 2 saturated heterocycles. The highest BCUT2D eigenvalue weighted by Crippen LogP contribution is 2.29. The standard InChI is InChI=1S/C25H31IN4O3S/c1-16(2)22(29-13-5-7-21(29)31)25(33)28-12-4-6-20(28)24(32)30(26)14-18-8-10-19(11-9-18)23-17(3)27-15-34-23/h8-11,15-16,20,22H,4-7,12-14H2,1-3H3/t20-,22?/m0/s1. The van der Waals surface area contributed by atoms with Crippen molar-refractivity contribution >= 4 is 51.9 Å². The molecule has 3 amide bonds. The lowest BCUT2D eigenvalue weighted by molar-refractivity contribution is -0.149. The Kier molecular flexibility index (Phi) is 7.91. The lowest BCUT2D eigenvalue weighted by Gasteiger charge is -2.35. The monoisotopic (exact) mass is 594 g/mol. The van der Waals surface area contributed by atoms with Crippen LogP contribution in [0.15, 0.2) is 29.8 Å². The Hall–Kier alpha value is -2.01. The fourth-order valence-corrected chi connectivity index (χ4v) is 6.47. The van der Waals surface area contributed by atoms with Crippen LogP contribution in [0, 0.1) is 12.8 Å². The Morgan fingerprint density at radius 2 is 1.94 bits per heavy atom. The van der Waals surface area contributed by atoms with Crippen LogP contribution in [0.25, 0.3) is 10.4 Å². The van der Waals surface area contributed by atoms with Gasteiger partial charge in [0.15, 0.2) is 0 Å². The van der Waals surface area contributed by atoms with E-state index in [0.29, 0.717) is 32.5 Å². The van der Waals surface area contributed by atoms with Crippen LogP contribution in [0.5, 0.6) is 0 Å². The minimum Gasteiger partial charge on any atom is -0.330 e. The van der Waals surface area contributed by atoms with Gasteiger partial charge in [-0.2, -0.15) is 0 Å². The molecule has 182 valence electrons. The minimum atomic E-state index is -0.492. The van der Waals surface area contributed by atoms with E-state index in [9.17, 15) is 14.4 Å². The average molecular weight is 595 g/mol. The third-order valence-corrected chi connectivity index (χ3v) is 8.47. The molecule has 2 atom stereocenters. The van der Waals surface area contributed by atoms with Gasteiger partial charge in [-0.3, -0.25) is 17.5 Å². The number of likely N-dealkylation sites (tertiary alicyclic amines) is 2. The molecule has 34 heavy (non-hydrogen) atoms. The van der Waals surface area contributed by atoms with Crippen molar-refractivity contribution in [2.75, 3.05) is 13.1 Å². The van der Waals surface area contributed by atoms with Gasteiger partial charge in [-0.1, -0.05) is 38.1 Å². The largest absolute Gasteiger partial charge is 0.330 e. The van der Waals surface area contributed by atoms with E-state index < -0.39 is 12.1 Å². The van der Waals surface area contributed by atoms with Crippen LogP contribution >= 0.6 is 34.2 Å². The van der Waals surface area contributed by atoms with Gasteiger partial charge in [-0.15, -0.1) is 11.3 Å². The second-order valence-corrected chi connectivity index (χ2v) is 11.4. The van der Waals surface area contributed by atoms with Gasteiger partial charge < -0.3 is 9.80 Å². The predicted molar refractivity (Wildman–Crippen MR) is 141 cm³/mol. The van der Waals surface area contributed by atoms with Gasteiger partial charge in [0.2, 0.25) is 11.8 Å². The summed E-state index contributed by atoms with van der Waals surface area (Å²) < 4.78 is 1.69. The fraction of sp³-hybridized carbons (Fsp3) is 0.520. The molecular weight excluding hydrogens is 563 g/mol. The maximum absolute atomic E-state index is 13.5. The number of hydrogen-bond acceptors (Lipinski definition) is 5. The molecule has 3 heterocycles. The van der Waals surface area contributed by atoms with Gasteiger partial charge in [0.1, 0.15) is 12.1 Å². The minimum absolute atomic E-state index is 0.00213. The van der Waals surface area contributed by atoms with Crippen molar-refractivity contribution in [3.63, 3.8) is 0 Å². The van der Waals surface area contributed by atoms with Gasteiger partial charge in [0.05, 0.1) is 45.5 Å². The molecule has 1 aromatic carbocycles. The molecule has 2 aliphatic rings. The predicted octanol–water partition coefficient (Wildman–Crippen LogP) is 4.44. The Labute approximate surface area is 219 Å². The van der Waals surface area contributed by atoms with E-state index in [-0.39, 0.29) is 23.6 Å². The maximum Gasteiger partial charge on any atom is 0.254 e. The fourth-order valence-electron chi connectivity index (χ4n) is 4.94. The molecule has 7 nitrogen and oxygen atoms in total. The molecule has 2 aliphatic heterocycles. The van der Waals surface area contributed by atoms with E-state index >= 15 is 0 Å². The number of thiazole rings is 1. The summed E-state index contributed by atoms with van der Waals surface area (Å²) in [7, 11) is 0. The number of aromatic nitrogens is 1. The first-order valence-electron chi connectivity index (χ1n) is 11.8. The maximum atomic E-state index is 13.5. The van der Waals surface area contributed by atoms with E-state index in [4.69, 9.17) is 0 Å². The number of nitrogens with zero attached hydrogens (tertiary/aromatic N) is 4. The van der Waals surface area contributed by atoms with Gasteiger partial charge in [0, 0.05) is 19.5 Å². The van der Waals surface area contributed by atoms with Crippen LogP contribution in [0.4, 0.5) is 0 Å². The van der Waals surface area contributed by atoms with Crippen molar-refractivity contribution in [3.05, 3.63) is 41.0 Å². The van der Waals surface area contributed by atoms with E-state index in [1.807, 2.05) is 38.4 Å². The summed E-state index contributed by atoms with van der Waals surface area (Å²) in [6.45, 7) is 7.61. The van der Waals surface area contributed by atoms with Crippen molar-refractivity contribution in [1.82, 2.24) is 17.9 Å². The third-order valence-electron chi connectivity index (χ3n) is 6.67. The molecule has 0 aliphatic carbocycles. The molecule has 0 bridgehead atoms.